The van der Waals surface area contributed by atoms with Crippen LogP contribution in [0.25, 0.3) is 0 Å². The van der Waals surface area contributed by atoms with E-state index in [1.165, 1.54) is 19.3 Å². The SMILES string of the molecule is O=C(Nc1ccnn1Cc1ccccc1Br)[C@H]1C[C@H]2CC[C@H]1C2. The zero-order valence-corrected chi connectivity index (χ0v) is 14.5. The molecule has 4 rings (SSSR count). The van der Waals surface area contributed by atoms with Crippen LogP contribution < -0.4 is 5.32 Å². The average molecular weight is 374 g/mol. The number of fused-ring (bicyclic) bond motifs is 2. The van der Waals surface area contributed by atoms with Crippen molar-refractivity contribution in [2.75, 3.05) is 5.32 Å². The molecule has 1 aromatic heterocycles. The van der Waals surface area contributed by atoms with Gasteiger partial charge in [-0.15, -0.1) is 0 Å². The van der Waals surface area contributed by atoms with Crippen molar-refractivity contribution in [2.24, 2.45) is 17.8 Å². The van der Waals surface area contributed by atoms with E-state index in [0.29, 0.717) is 12.5 Å². The van der Waals surface area contributed by atoms with Gasteiger partial charge >= 0.3 is 0 Å². The summed E-state index contributed by atoms with van der Waals surface area (Å²) in [6.45, 7) is 0.640. The summed E-state index contributed by atoms with van der Waals surface area (Å²) in [5.74, 6) is 2.53. The molecule has 4 nitrogen and oxygen atoms in total. The standard InChI is InChI=1S/C18H20BrN3O/c19-16-4-2-1-3-14(16)11-22-17(7-8-20-22)21-18(23)15-10-12-5-6-13(15)9-12/h1-4,7-8,12-13,15H,5-6,9-11H2,(H,21,23)/t12-,13-,15-/m0/s1. The first-order valence-corrected chi connectivity index (χ1v) is 9.06. The van der Waals surface area contributed by atoms with Crippen LogP contribution in [-0.4, -0.2) is 15.7 Å². The second kappa shape index (κ2) is 6.11. The molecule has 120 valence electrons. The molecule has 2 aliphatic carbocycles. The molecule has 2 saturated carbocycles. The van der Waals surface area contributed by atoms with Crippen LogP contribution in [0.3, 0.4) is 0 Å². The van der Waals surface area contributed by atoms with Gasteiger partial charge in [0, 0.05) is 16.5 Å². The summed E-state index contributed by atoms with van der Waals surface area (Å²) in [6.07, 6.45) is 6.59. The smallest absolute Gasteiger partial charge is 0.228 e. The van der Waals surface area contributed by atoms with Crippen molar-refractivity contribution in [3.05, 3.63) is 46.6 Å². The summed E-state index contributed by atoms with van der Waals surface area (Å²) < 4.78 is 2.91. The minimum atomic E-state index is 0.172. The fourth-order valence-corrected chi connectivity index (χ4v) is 4.55. The molecule has 0 spiro atoms. The number of nitrogens with zero attached hydrogens (tertiary/aromatic N) is 2. The minimum absolute atomic E-state index is 0.172. The lowest BCUT2D eigenvalue weighted by Gasteiger charge is -2.21. The van der Waals surface area contributed by atoms with Crippen molar-refractivity contribution >= 4 is 27.7 Å². The molecular weight excluding hydrogens is 354 g/mol. The minimum Gasteiger partial charge on any atom is -0.311 e. The number of nitrogens with one attached hydrogen (secondary N) is 1. The van der Waals surface area contributed by atoms with E-state index in [-0.39, 0.29) is 11.8 Å². The predicted octanol–water partition coefficient (Wildman–Crippen LogP) is 4.07. The van der Waals surface area contributed by atoms with Gasteiger partial charge < -0.3 is 5.32 Å². The first-order valence-electron chi connectivity index (χ1n) is 8.27. The van der Waals surface area contributed by atoms with E-state index < -0.39 is 0 Å². The summed E-state index contributed by atoms with van der Waals surface area (Å²) in [7, 11) is 0. The van der Waals surface area contributed by atoms with Crippen molar-refractivity contribution in [1.29, 1.82) is 0 Å². The fourth-order valence-electron chi connectivity index (χ4n) is 4.14. The third kappa shape index (κ3) is 2.94. The monoisotopic (exact) mass is 373 g/mol. The van der Waals surface area contributed by atoms with Crippen LogP contribution in [0, 0.1) is 17.8 Å². The molecule has 3 atom stereocenters. The molecule has 23 heavy (non-hydrogen) atoms. The van der Waals surface area contributed by atoms with Crippen LogP contribution >= 0.6 is 15.9 Å². The second-order valence-electron chi connectivity index (χ2n) is 6.74. The molecule has 5 heteroatoms. The first kappa shape index (κ1) is 14.9. The number of anilines is 1. The molecule has 0 unspecified atom stereocenters. The maximum absolute atomic E-state index is 12.6. The number of hydrogen-bond donors (Lipinski definition) is 1. The highest BCUT2D eigenvalue weighted by molar-refractivity contribution is 9.10. The number of rotatable bonds is 4. The van der Waals surface area contributed by atoms with Crippen LogP contribution in [0.4, 0.5) is 5.82 Å². The fraction of sp³-hybridized carbons (Fsp3) is 0.444. The van der Waals surface area contributed by atoms with E-state index in [0.717, 1.165) is 28.2 Å². The lowest BCUT2D eigenvalue weighted by atomic mass is 9.88. The Hall–Kier alpha value is -1.62. The Morgan fingerprint density at radius 1 is 1.26 bits per heavy atom. The maximum Gasteiger partial charge on any atom is 0.228 e. The van der Waals surface area contributed by atoms with E-state index in [1.807, 2.05) is 28.9 Å². The van der Waals surface area contributed by atoms with Gasteiger partial charge in [0.1, 0.15) is 5.82 Å². The van der Waals surface area contributed by atoms with Crippen LogP contribution in [-0.2, 0) is 11.3 Å². The Balaban J connectivity index is 1.47. The molecule has 0 radical (unpaired) electrons. The largest absolute Gasteiger partial charge is 0.311 e. The van der Waals surface area contributed by atoms with Crippen molar-refractivity contribution in [3.63, 3.8) is 0 Å². The summed E-state index contributed by atoms with van der Waals surface area (Å²) in [5, 5.41) is 7.46. The molecule has 1 amide bonds. The van der Waals surface area contributed by atoms with Crippen molar-refractivity contribution < 1.29 is 4.79 Å². The number of halogens is 1. The summed E-state index contributed by atoms with van der Waals surface area (Å²) >= 11 is 3.56. The zero-order chi connectivity index (χ0) is 15.8. The molecule has 0 saturated heterocycles. The summed E-state index contributed by atoms with van der Waals surface area (Å²) in [5.41, 5.74) is 1.15. The van der Waals surface area contributed by atoms with Gasteiger partial charge in [-0.3, -0.25) is 4.79 Å². The van der Waals surface area contributed by atoms with E-state index >= 15 is 0 Å². The Morgan fingerprint density at radius 2 is 2.13 bits per heavy atom. The average Bonchev–Trinajstić information content (AvgIpc) is 3.27. The van der Waals surface area contributed by atoms with Gasteiger partial charge in [-0.1, -0.05) is 40.5 Å². The molecule has 1 heterocycles. The van der Waals surface area contributed by atoms with Gasteiger partial charge in [0.25, 0.3) is 0 Å². The van der Waals surface area contributed by atoms with E-state index in [2.05, 4.69) is 32.4 Å². The quantitative estimate of drug-likeness (QED) is 0.877. The number of carbonyl (C=O) groups excluding carboxylic acids is 1. The van der Waals surface area contributed by atoms with Crippen LogP contribution in [0.15, 0.2) is 41.0 Å². The van der Waals surface area contributed by atoms with Gasteiger partial charge in [-0.2, -0.15) is 5.10 Å². The Labute approximate surface area is 144 Å². The number of aromatic nitrogens is 2. The molecule has 2 bridgehead atoms. The normalized spacial score (nSPS) is 25.7. The maximum atomic E-state index is 12.6. The van der Waals surface area contributed by atoms with Gasteiger partial charge in [0.05, 0.1) is 12.7 Å². The predicted molar refractivity (Wildman–Crippen MR) is 93.0 cm³/mol. The number of hydrogen-bond acceptors (Lipinski definition) is 2. The second-order valence-corrected chi connectivity index (χ2v) is 7.59. The van der Waals surface area contributed by atoms with Crippen molar-refractivity contribution in [3.8, 4) is 0 Å². The van der Waals surface area contributed by atoms with E-state index in [9.17, 15) is 4.79 Å². The topological polar surface area (TPSA) is 46.9 Å². The number of amides is 1. The van der Waals surface area contributed by atoms with Crippen LogP contribution in [0.1, 0.15) is 31.2 Å². The van der Waals surface area contributed by atoms with Crippen LogP contribution in [0.5, 0.6) is 0 Å². The molecule has 1 aromatic carbocycles. The Kier molecular flexibility index (Phi) is 3.97. The van der Waals surface area contributed by atoms with Crippen molar-refractivity contribution in [2.45, 2.75) is 32.2 Å². The molecule has 1 N–H and O–H groups in total. The lowest BCUT2D eigenvalue weighted by molar-refractivity contribution is -0.121. The summed E-state index contributed by atoms with van der Waals surface area (Å²) in [6, 6.07) is 9.97. The van der Waals surface area contributed by atoms with Crippen LogP contribution in [0.2, 0.25) is 0 Å². The number of carbonyl (C=O) groups is 1. The highest BCUT2D eigenvalue weighted by Crippen LogP contribution is 2.48. The lowest BCUT2D eigenvalue weighted by Crippen LogP contribution is -2.28. The number of benzene rings is 1. The van der Waals surface area contributed by atoms with Gasteiger partial charge in [0.2, 0.25) is 5.91 Å². The molecule has 0 aliphatic heterocycles. The highest BCUT2D eigenvalue weighted by Gasteiger charge is 2.43. The first-order chi connectivity index (χ1) is 11.2. The van der Waals surface area contributed by atoms with Crippen molar-refractivity contribution in [1.82, 2.24) is 9.78 Å². The third-order valence-electron chi connectivity index (χ3n) is 5.32. The van der Waals surface area contributed by atoms with Gasteiger partial charge in [0.15, 0.2) is 0 Å². The summed E-state index contributed by atoms with van der Waals surface area (Å²) in [4.78, 5) is 12.6. The third-order valence-corrected chi connectivity index (χ3v) is 6.09. The molecule has 2 aromatic rings. The van der Waals surface area contributed by atoms with E-state index in [1.54, 1.807) is 6.20 Å². The van der Waals surface area contributed by atoms with Gasteiger partial charge in [-0.05, 0) is 42.7 Å². The van der Waals surface area contributed by atoms with Gasteiger partial charge in [-0.25, -0.2) is 4.68 Å². The highest BCUT2D eigenvalue weighted by atomic mass is 79.9. The molecular formula is C18H20BrN3O. The van der Waals surface area contributed by atoms with E-state index in [4.69, 9.17) is 0 Å². The Bertz CT molecular complexity index is 727. The Morgan fingerprint density at radius 3 is 2.87 bits per heavy atom. The molecule has 2 fully saturated rings. The molecule has 2 aliphatic rings. The zero-order valence-electron chi connectivity index (χ0n) is 12.9.